The number of nitrogens with two attached hydrogens (primary N) is 1. The fraction of sp³-hybridized carbons (Fsp3) is 0.625. The fourth-order valence-electron chi connectivity index (χ4n) is 2.37. The van der Waals surface area contributed by atoms with Gasteiger partial charge in [-0.1, -0.05) is 19.1 Å². The predicted molar refractivity (Wildman–Crippen MR) is 80.7 cm³/mol. The maximum absolute atomic E-state index is 6.00. The number of rotatable bonds is 8. The molecule has 1 unspecified atom stereocenters. The zero-order valence-electron chi connectivity index (χ0n) is 12.1. The molecule has 0 aromatic heterocycles. The monoisotopic (exact) mass is 262 g/mol. The Morgan fingerprint density at radius 3 is 2.53 bits per heavy atom. The van der Waals surface area contributed by atoms with Gasteiger partial charge in [0.05, 0.1) is 6.61 Å². The largest absolute Gasteiger partial charge is 0.383 e. The minimum Gasteiger partial charge on any atom is -0.383 e. The molecule has 0 saturated heterocycles. The molecule has 1 aromatic carbocycles. The van der Waals surface area contributed by atoms with Gasteiger partial charge in [-0.3, -0.25) is 0 Å². The first kappa shape index (κ1) is 14.4. The Labute approximate surface area is 116 Å². The average molecular weight is 262 g/mol. The molecule has 106 valence electrons. The van der Waals surface area contributed by atoms with Gasteiger partial charge in [0.15, 0.2) is 0 Å². The van der Waals surface area contributed by atoms with Crippen molar-refractivity contribution >= 4 is 5.69 Å². The van der Waals surface area contributed by atoms with Gasteiger partial charge in [-0.15, -0.1) is 0 Å². The smallest absolute Gasteiger partial charge is 0.0637 e. The summed E-state index contributed by atoms with van der Waals surface area (Å²) in [4.78, 5) is 2.47. The Hall–Kier alpha value is -1.06. The van der Waals surface area contributed by atoms with E-state index in [2.05, 4.69) is 36.1 Å². The maximum Gasteiger partial charge on any atom is 0.0637 e. The molecular formula is C16H26N2O. The van der Waals surface area contributed by atoms with Crippen LogP contribution in [0.25, 0.3) is 0 Å². The van der Waals surface area contributed by atoms with Gasteiger partial charge in [0.25, 0.3) is 0 Å². The van der Waals surface area contributed by atoms with Crippen molar-refractivity contribution in [2.75, 3.05) is 25.2 Å². The Morgan fingerprint density at radius 2 is 2.00 bits per heavy atom. The molecule has 0 spiro atoms. The van der Waals surface area contributed by atoms with Gasteiger partial charge >= 0.3 is 0 Å². The van der Waals surface area contributed by atoms with Gasteiger partial charge in [-0.05, 0) is 43.4 Å². The van der Waals surface area contributed by atoms with Crippen molar-refractivity contribution in [1.29, 1.82) is 0 Å². The second-order valence-electron chi connectivity index (χ2n) is 5.46. The minimum atomic E-state index is 0.277. The molecule has 2 rings (SSSR count). The number of nitrogens with zero attached hydrogens (tertiary/aromatic N) is 1. The molecule has 0 amide bonds. The first-order chi connectivity index (χ1) is 9.24. The van der Waals surface area contributed by atoms with E-state index in [1.807, 2.05) is 0 Å². The van der Waals surface area contributed by atoms with Gasteiger partial charge in [0, 0.05) is 31.4 Å². The van der Waals surface area contributed by atoms with E-state index in [9.17, 15) is 0 Å². The molecule has 1 aliphatic rings. The summed E-state index contributed by atoms with van der Waals surface area (Å²) < 4.78 is 5.20. The lowest BCUT2D eigenvalue weighted by atomic mass is 10.0. The van der Waals surface area contributed by atoms with Crippen LogP contribution in [0, 0.1) is 0 Å². The summed E-state index contributed by atoms with van der Waals surface area (Å²) in [7, 11) is 1.76. The van der Waals surface area contributed by atoms with Crippen LogP contribution in [0.4, 0.5) is 5.69 Å². The van der Waals surface area contributed by atoms with Crippen LogP contribution in [0.3, 0.4) is 0 Å². The summed E-state index contributed by atoms with van der Waals surface area (Å²) in [5.74, 6) is 0. The third kappa shape index (κ3) is 4.22. The lowest BCUT2D eigenvalue weighted by molar-refractivity contribution is 0.205. The molecule has 1 fully saturated rings. The molecule has 1 aliphatic carbocycles. The SMILES string of the molecule is CCC(N)Cc1ccc(N(CCOC)C2CC2)cc1. The van der Waals surface area contributed by atoms with E-state index < -0.39 is 0 Å². The molecule has 3 heteroatoms. The number of benzene rings is 1. The van der Waals surface area contributed by atoms with E-state index in [0.29, 0.717) is 0 Å². The number of methoxy groups -OCH3 is 1. The van der Waals surface area contributed by atoms with Crippen molar-refractivity contribution in [2.24, 2.45) is 5.73 Å². The van der Waals surface area contributed by atoms with Crippen LogP contribution in [-0.2, 0) is 11.2 Å². The number of hydrogen-bond acceptors (Lipinski definition) is 3. The third-order valence-corrected chi connectivity index (χ3v) is 3.81. The summed E-state index contributed by atoms with van der Waals surface area (Å²) in [6, 6.07) is 9.88. The second-order valence-corrected chi connectivity index (χ2v) is 5.46. The van der Waals surface area contributed by atoms with Crippen molar-refractivity contribution in [1.82, 2.24) is 0 Å². The standard InChI is InChI=1S/C16H26N2O/c1-3-14(17)12-13-4-6-15(7-5-13)18(10-11-19-2)16-8-9-16/h4-7,14,16H,3,8-12,17H2,1-2H3. The van der Waals surface area contributed by atoms with Crippen LogP contribution >= 0.6 is 0 Å². The molecule has 0 heterocycles. The zero-order valence-corrected chi connectivity index (χ0v) is 12.1. The molecule has 1 saturated carbocycles. The minimum absolute atomic E-state index is 0.277. The van der Waals surface area contributed by atoms with Gasteiger partial charge in [-0.2, -0.15) is 0 Å². The highest BCUT2D eigenvalue weighted by Crippen LogP contribution is 2.31. The number of hydrogen-bond donors (Lipinski definition) is 1. The quantitative estimate of drug-likeness (QED) is 0.782. The van der Waals surface area contributed by atoms with E-state index in [4.69, 9.17) is 10.5 Å². The predicted octanol–water partition coefficient (Wildman–Crippen LogP) is 2.58. The van der Waals surface area contributed by atoms with Crippen LogP contribution < -0.4 is 10.6 Å². The Kier molecular flexibility index (Phi) is 5.23. The van der Waals surface area contributed by atoms with Crippen LogP contribution in [0.1, 0.15) is 31.7 Å². The van der Waals surface area contributed by atoms with E-state index in [0.717, 1.165) is 32.0 Å². The normalized spacial score (nSPS) is 16.4. The molecule has 1 aromatic rings. The molecule has 3 nitrogen and oxygen atoms in total. The van der Waals surface area contributed by atoms with Crippen molar-refractivity contribution < 1.29 is 4.74 Å². The van der Waals surface area contributed by atoms with Crippen LogP contribution in [-0.4, -0.2) is 32.3 Å². The first-order valence-corrected chi connectivity index (χ1v) is 7.34. The lowest BCUT2D eigenvalue weighted by Gasteiger charge is -2.24. The number of anilines is 1. The van der Waals surface area contributed by atoms with Gasteiger partial charge in [-0.25, -0.2) is 0 Å². The highest BCUT2D eigenvalue weighted by molar-refractivity contribution is 5.49. The molecule has 2 N–H and O–H groups in total. The third-order valence-electron chi connectivity index (χ3n) is 3.81. The highest BCUT2D eigenvalue weighted by Gasteiger charge is 2.28. The van der Waals surface area contributed by atoms with Crippen molar-refractivity contribution in [2.45, 2.75) is 44.7 Å². The highest BCUT2D eigenvalue weighted by atomic mass is 16.5. The molecule has 0 bridgehead atoms. The van der Waals surface area contributed by atoms with E-state index in [1.54, 1.807) is 7.11 Å². The second kappa shape index (κ2) is 6.92. The van der Waals surface area contributed by atoms with Gasteiger partial charge < -0.3 is 15.4 Å². The Bertz CT molecular complexity index is 373. The van der Waals surface area contributed by atoms with Crippen molar-refractivity contribution in [3.05, 3.63) is 29.8 Å². The molecule has 0 radical (unpaired) electrons. The summed E-state index contributed by atoms with van der Waals surface area (Å²) in [5.41, 5.74) is 8.65. The van der Waals surface area contributed by atoms with E-state index in [-0.39, 0.29) is 6.04 Å². The molecule has 0 aliphatic heterocycles. The molecule has 1 atom stereocenters. The van der Waals surface area contributed by atoms with Crippen molar-refractivity contribution in [3.8, 4) is 0 Å². The summed E-state index contributed by atoms with van der Waals surface area (Å²) in [5, 5.41) is 0. The zero-order chi connectivity index (χ0) is 13.7. The lowest BCUT2D eigenvalue weighted by Crippen LogP contribution is -2.29. The summed E-state index contributed by atoms with van der Waals surface area (Å²) >= 11 is 0. The average Bonchev–Trinajstić information content (AvgIpc) is 3.25. The molecular weight excluding hydrogens is 236 g/mol. The summed E-state index contributed by atoms with van der Waals surface area (Å²) in [6.07, 6.45) is 4.63. The Balaban J connectivity index is 1.98. The fourth-order valence-corrected chi connectivity index (χ4v) is 2.37. The van der Waals surface area contributed by atoms with Crippen LogP contribution in [0.5, 0.6) is 0 Å². The van der Waals surface area contributed by atoms with E-state index >= 15 is 0 Å². The molecule has 19 heavy (non-hydrogen) atoms. The van der Waals surface area contributed by atoms with Gasteiger partial charge in [0.1, 0.15) is 0 Å². The Morgan fingerprint density at radius 1 is 1.32 bits per heavy atom. The number of ether oxygens (including phenoxy) is 1. The van der Waals surface area contributed by atoms with Crippen molar-refractivity contribution in [3.63, 3.8) is 0 Å². The first-order valence-electron chi connectivity index (χ1n) is 7.34. The van der Waals surface area contributed by atoms with E-state index in [1.165, 1.54) is 24.1 Å². The van der Waals surface area contributed by atoms with Crippen LogP contribution in [0.15, 0.2) is 24.3 Å². The summed E-state index contributed by atoms with van der Waals surface area (Å²) in [6.45, 7) is 3.91. The maximum atomic E-state index is 6.00. The topological polar surface area (TPSA) is 38.5 Å². The van der Waals surface area contributed by atoms with Gasteiger partial charge in [0.2, 0.25) is 0 Å². The van der Waals surface area contributed by atoms with Crippen LogP contribution in [0.2, 0.25) is 0 Å².